The molecule has 0 atom stereocenters. The van der Waals surface area contributed by atoms with Gasteiger partial charge in [-0.05, 0) is 30.2 Å². The molecule has 2 aromatic rings. The Morgan fingerprint density at radius 2 is 2.00 bits per heavy atom. The molecule has 0 aliphatic carbocycles. The largest absolute Gasteiger partial charge is 0.396 e. The second-order valence-corrected chi connectivity index (χ2v) is 4.30. The Morgan fingerprint density at radius 1 is 1.25 bits per heavy atom. The van der Waals surface area contributed by atoms with Gasteiger partial charge >= 0.3 is 0 Å². The SMILES string of the molecule is CNc1cnccc1C(=O)Nc1ccc(CCO)cc1. The number of hydrogen-bond donors (Lipinski definition) is 3. The molecule has 1 heterocycles. The van der Waals surface area contributed by atoms with Gasteiger partial charge in [-0.15, -0.1) is 0 Å². The molecule has 1 amide bonds. The van der Waals surface area contributed by atoms with Gasteiger partial charge in [-0.2, -0.15) is 0 Å². The zero-order valence-corrected chi connectivity index (χ0v) is 11.3. The maximum atomic E-state index is 12.2. The van der Waals surface area contributed by atoms with E-state index in [4.69, 9.17) is 5.11 Å². The van der Waals surface area contributed by atoms with Crippen molar-refractivity contribution in [3.8, 4) is 0 Å². The van der Waals surface area contributed by atoms with Crippen LogP contribution < -0.4 is 10.6 Å². The lowest BCUT2D eigenvalue weighted by Crippen LogP contribution is -2.14. The van der Waals surface area contributed by atoms with E-state index in [1.165, 1.54) is 0 Å². The number of nitrogens with zero attached hydrogens (tertiary/aromatic N) is 1. The lowest BCUT2D eigenvalue weighted by molar-refractivity contribution is 0.102. The van der Waals surface area contributed by atoms with Gasteiger partial charge in [-0.1, -0.05) is 12.1 Å². The van der Waals surface area contributed by atoms with Crippen molar-refractivity contribution in [2.24, 2.45) is 0 Å². The molecule has 0 aliphatic heterocycles. The van der Waals surface area contributed by atoms with Crippen LogP contribution >= 0.6 is 0 Å². The molecular weight excluding hydrogens is 254 g/mol. The molecule has 0 saturated heterocycles. The number of hydrogen-bond acceptors (Lipinski definition) is 4. The summed E-state index contributed by atoms with van der Waals surface area (Å²) >= 11 is 0. The van der Waals surface area contributed by atoms with Gasteiger partial charge in [0.2, 0.25) is 0 Å². The van der Waals surface area contributed by atoms with Gasteiger partial charge in [0.25, 0.3) is 5.91 Å². The van der Waals surface area contributed by atoms with Crippen LogP contribution in [0.2, 0.25) is 0 Å². The van der Waals surface area contributed by atoms with Gasteiger partial charge < -0.3 is 15.7 Å². The van der Waals surface area contributed by atoms with Crippen LogP contribution in [-0.2, 0) is 6.42 Å². The molecule has 5 heteroatoms. The summed E-state index contributed by atoms with van der Waals surface area (Å²) in [5.41, 5.74) is 2.98. The Balaban J connectivity index is 2.11. The van der Waals surface area contributed by atoms with Crippen molar-refractivity contribution in [3.05, 3.63) is 53.9 Å². The van der Waals surface area contributed by atoms with Crippen LogP contribution in [0.4, 0.5) is 11.4 Å². The van der Waals surface area contributed by atoms with E-state index < -0.39 is 0 Å². The van der Waals surface area contributed by atoms with Crippen LogP contribution in [-0.4, -0.2) is 29.7 Å². The number of pyridine rings is 1. The Morgan fingerprint density at radius 3 is 2.65 bits per heavy atom. The zero-order valence-electron chi connectivity index (χ0n) is 11.3. The van der Waals surface area contributed by atoms with Crippen molar-refractivity contribution in [3.63, 3.8) is 0 Å². The topological polar surface area (TPSA) is 74.2 Å². The van der Waals surface area contributed by atoms with E-state index in [0.29, 0.717) is 17.7 Å². The van der Waals surface area contributed by atoms with E-state index in [2.05, 4.69) is 15.6 Å². The minimum absolute atomic E-state index is 0.119. The normalized spacial score (nSPS) is 10.1. The summed E-state index contributed by atoms with van der Waals surface area (Å²) < 4.78 is 0. The van der Waals surface area contributed by atoms with E-state index in [1.807, 2.05) is 24.3 Å². The third-order valence-corrected chi connectivity index (χ3v) is 2.95. The fourth-order valence-electron chi connectivity index (χ4n) is 1.87. The lowest BCUT2D eigenvalue weighted by Gasteiger charge is -2.09. The summed E-state index contributed by atoms with van der Waals surface area (Å²) in [5.74, 6) is -0.188. The van der Waals surface area contributed by atoms with Crippen molar-refractivity contribution in [2.75, 3.05) is 24.3 Å². The quantitative estimate of drug-likeness (QED) is 0.776. The maximum absolute atomic E-state index is 12.2. The first-order valence-corrected chi connectivity index (χ1v) is 6.37. The van der Waals surface area contributed by atoms with Gasteiger partial charge in [0, 0.05) is 25.5 Å². The summed E-state index contributed by atoms with van der Waals surface area (Å²) in [5, 5.41) is 14.6. The summed E-state index contributed by atoms with van der Waals surface area (Å²) in [6.45, 7) is 0.119. The first kappa shape index (κ1) is 14.0. The molecular formula is C15H17N3O2. The van der Waals surface area contributed by atoms with Crippen molar-refractivity contribution < 1.29 is 9.90 Å². The average Bonchev–Trinajstić information content (AvgIpc) is 2.49. The first-order chi connectivity index (χ1) is 9.74. The molecule has 1 aromatic carbocycles. The summed E-state index contributed by atoms with van der Waals surface area (Å²) in [6.07, 6.45) is 3.81. The monoisotopic (exact) mass is 271 g/mol. The number of aromatic nitrogens is 1. The van der Waals surface area contributed by atoms with Crippen molar-refractivity contribution in [1.29, 1.82) is 0 Å². The van der Waals surface area contributed by atoms with E-state index in [-0.39, 0.29) is 12.5 Å². The summed E-state index contributed by atoms with van der Waals surface area (Å²) in [7, 11) is 1.75. The van der Waals surface area contributed by atoms with Gasteiger partial charge in [-0.25, -0.2) is 0 Å². The number of carbonyl (C=O) groups excluding carboxylic acids is 1. The third-order valence-electron chi connectivity index (χ3n) is 2.95. The summed E-state index contributed by atoms with van der Waals surface area (Å²) in [6, 6.07) is 9.09. The van der Waals surface area contributed by atoms with Crippen LogP contribution in [0.3, 0.4) is 0 Å². The molecule has 0 radical (unpaired) electrons. The Hall–Kier alpha value is -2.40. The molecule has 1 aromatic heterocycles. The number of benzene rings is 1. The highest BCUT2D eigenvalue weighted by Gasteiger charge is 2.10. The highest BCUT2D eigenvalue weighted by molar-refractivity contribution is 6.07. The molecule has 0 bridgehead atoms. The minimum Gasteiger partial charge on any atom is -0.396 e. The molecule has 2 rings (SSSR count). The highest BCUT2D eigenvalue weighted by atomic mass is 16.2. The van der Waals surface area contributed by atoms with Crippen LogP contribution in [0.1, 0.15) is 15.9 Å². The van der Waals surface area contributed by atoms with Gasteiger partial charge in [0.15, 0.2) is 0 Å². The van der Waals surface area contributed by atoms with Crippen molar-refractivity contribution >= 4 is 17.3 Å². The van der Waals surface area contributed by atoms with Crippen molar-refractivity contribution in [1.82, 2.24) is 4.98 Å². The van der Waals surface area contributed by atoms with E-state index >= 15 is 0 Å². The number of anilines is 2. The smallest absolute Gasteiger partial charge is 0.257 e. The number of nitrogens with one attached hydrogen (secondary N) is 2. The molecule has 0 aliphatic rings. The minimum atomic E-state index is -0.188. The zero-order chi connectivity index (χ0) is 14.4. The average molecular weight is 271 g/mol. The molecule has 0 unspecified atom stereocenters. The maximum Gasteiger partial charge on any atom is 0.257 e. The van der Waals surface area contributed by atoms with Gasteiger partial charge in [0.1, 0.15) is 0 Å². The molecule has 104 valence electrons. The highest BCUT2D eigenvalue weighted by Crippen LogP contribution is 2.16. The molecule has 0 fully saturated rings. The molecule has 20 heavy (non-hydrogen) atoms. The standard InChI is InChI=1S/C15H17N3O2/c1-16-14-10-17-8-6-13(14)15(20)18-12-4-2-11(3-5-12)7-9-19/h2-6,8,10,16,19H,7,9H2,1H3,(H,18,20). The predicted molar refractivity (Wildman–Crippen MR) is 79.0 cm³/mol. The lowest BCUT2D eigenvalue weighted by atomic mass is 10.1. The van der Waals surface area contributed by atoms with Gasteiger partial charge in [0.05, 0.1) is 17.4 Å². The number of amides is 1. The van der Waals surface area contributed by atoms with E-state index in [9.17, 15) is 4.79 Å². The number of aliphatic hydroxyl groups is 1. The predicted octanol–water partition coefficient (Wildman–Crippen LogP) is 1.91. The number of carbonyl (C=O) groups is 1. The Bertz CT molecular complexity index is 582. The summed E-state index contributed by atoms with van der Waals surface area (Å²) in [4.78, 5) is 16.2. The molecule has 0 spiro atoms. The second kappa shape index (κ2) is 6.68. The molecule has 0 saturated carbocycles. The molecule has 3 N–H and O–H groups in total. The van der Waals surface area contributed by atoms with E-state index in [1.54, 1.807) is 25.5 Å². The second-order valence-electron chi connectivity index (χ2n) is 4.30. The third kappa shape index (κ3) is 3.33. The Labute approximate surface area is 117 Å². The fraction of sp³-hybridized carbons (Fsp3) is 0.200. The number of aliphatic hydroxyl groups excluding tert-OH is 1. The Kier molecular flexibility index (Phi) is 4.68. The molecule has 5 nitrogen and oxygen atoms in total. The first-order valence-electron chi connectivity index (χ1n) is 6.37. The van der Waals surface area contributed by atoms with Crippen LogP contribution in [0.25, 0.3) is 0 Å². The van der Waals surface area contributed by atoms with Crippen LogP contribution in [0.15, 0.2) is 42.7 Å². The van der Waals surface area contributed by atoms with Crippen LogP contribution in [0, 0.1) is 0 Å². The van der Waals surface area contributed by atoms with E-state index in [0.717, 1.165) is 11.3 Å². The number of rotatable bonds is 5. The fourth-order valence-corrected chi connectivity index (χ4v) is 1.87. The van der Waals surface area contributed by atoms with Gasteiger partial charge in [-0.3, -0.25) is 9.78 Å². The van der Waals surface area contributed by atoms with Crippen LogP contribution in [0.5, 0.6) is 0 Å². The van der Waals surface area contributed by atoms with Crippen molar-refractivity contribution in [2.45, 2.75) is 6.42 Å².